The summed E-state index contributed by atoms with van der Waals surface area (Å²) in [5.41, 5.74) is 2.23. The summed E-state index contributed by atoms with van der Waals surface area (Å²) >= 11 is 1.38. The Morgan fingerprint density at radius 3 is 2.63 bits per heavy atom. The minimum atomic E-state index is -0.312. The quantitative estimate of drug-likeness (QED) is 0.401. The predicted molar refractivity (Wildman–Crippen MR) is 113 cm³/mol. The molecule has 5 nitrogen and oxygen atoms in total. The van der Waals surface area contributed by atoms with Gasteiger partial charge in [-0.05, 0) is 41.3 Å². The van der Waals surface area contributed by atoms with Crippen LogP contribution in [0.15, 0.2) is 76.6 Å². The number of hydrogen-bond donors (Lipinski definition) is 0. The van der Waals surface area contributed by atoms with E-state index in [1.165, 1.54) is 23.5 Å². The van der Waals surface area contributed by atoms with E-state index in [0.717, 1.165) is 11.1 Å². The Morgan fingerprint density at radius 2 is 1.90 bits per heavy atom. The number of thiophene rings is 1. The molecule has 30 heavy (non-hydrogen) atoms. The highest BCUT2D eigenvalue weighted by Crippen LogP contribution is 2.30. The maximum Gasteiger partial charge on any atom is 0.264 e. The number of methoxy groups -OCH3 is 1. The molecule has 0 aliphatic rings. The van der Waals surface area contributed by atoms with Crippen LogP contribution in [0.2, 0.25) is 0 Å². The van der Waals surface area contributed by atoms with Gasteiger partial charge in [-0.3, -0.25) is 4.79 Å². The number of carbonyl (C=O) groups excluding carboxylic acids is 1. The number of hydrogen-bond acceptors (Lipinski definition) is 5. The van der Waals surface area contributed by atoms with E-state index in [0.29, 0.717) is 28.6 Å². The summed E-state index contributed by atoms with van der Waals surface area (Å²) in [5, 5.41) is 6.01. The SMILES string of the molecule is COc1ccccc1-c1cc(CN(Cc2ccc(F)cc2)C(=O)c2cccs2)no1. The zero-order chi connectivity index (χ0) is 20.9. The summed E-state index contributed by atoms with van der Waals surface area (Å²) in [6.07, 6.45) is 0. The summed E-state index contributed by atoms with van der Waals surface area (Å²) < 4.78 is 24.2. The second kappa shape index (κ2) is 8.92. The minimum Gasteiger partial charge on any atom is -0.496 e. The first-order chi connectivity index (χ1) is 14.6. The first-order valence-electron chi connectivity index (χ1n) is 9.30. The molecular formula is C23H19FN2O3S. The van der Waals surface area contributed by atoms with Crippen LogP contribution >= 0.6 is 11.3 Å². The molecule has 0 bridgehead atoms. The van der Waals surface area contributed by atoms with Crippen LogP contribution < -0.4 is 4.74 Å². The molecule has 4 rings (SSSR count). The molecule has 0 N–H and O–H groups in total. The standard InChI is InChI=1S/C23H19FN2O3S/c1-28-20-6-3-2-5-19(20)21-13-18(25-29-21)15-26(23(27)22-7-4-12-30-22)14-16-8-10-17(24)11-9-16/h2-13H,14-15H2,1H3. The third-order valence-electron chi connectivity index (χ3n) is 4.59. The average molecular weight is 422 g/mol. The summed E-state index contributed by atoms with van der Waals surface area (Å²) in [4.78, 5) is 15.3. The molecule has 2 heterocycles. The van der Waals surface area contributed by atoms with Crippen LogP contribution in [0, 0.1) is 5.82 Å². The number of rotatable bonds is 7. The van der Waals surface area contributed by atoms with Crippen LogP contribution in [0.5, 0.6) is 5.75 Å². The van der Waals surface area contributed by atoms with Crippen LogP contribution in [-0.4, -0.2) is 23.1 Å². The maximum absolute atomic E-state index is 13.3. The largest absolute Gasteiger partial charge is 0.496 e. The molecule has 7 heteroatoms. The van der Waals surface area contributed by atoms with E-state index in [4.69, 9.17) is 9.26 Å². The minimum absolute atomic E-state index is 0.115. The molecule has 0 saturated carbocycles. The number of amides is 1. The molecule has 0 fully saturated rings. The van der Waals surface area contributed by atoms with Crippen molar-refractivity contribution in [1.82, 2.24) is 10.1 Å². The molecule has 0 radical (unpaired) electrons. The molecule has 0 aliphatic heterocycles. The van der Waals surface area contributed by atoms with Gasteiger partial charge in [0.1, 0.15) is 17.3 Å². The first-order valence-corrected chi connectivity index (χ1v) is 10.2. The smallest absolute Gasteiger partial charge is 0.264 e. The van der Waals surface area contributed by atoms with Crippen molar-refractivity contribution in [3.63, 3.8) is 0 Å². The fraction of sp³-hybridized carbons (Fsp3) is 0.130. The van der Waals surface area contributed by atoms with Gasteiger partial charge in [-0.2, -0.15) is 0 Å². The molecule has 152 valence electrons. The van der Waals surface area contributed by atoms with Gasteiger partial charge in [-0.15, -0.1) is 11.3 Å². The molecule has 2 aromatic carbocycles. The summed E-state index contributed by atoms with van der Waals surface area (Å²) in [6.45, 7) is 0.584. The molecule has 0 atom stereocenters. The lowest BCUT2D eigenvalue weighted by molar-refractivity contribution is 0.0731. The van der Waals surface area contributed by atoms with Crippen LogP contribution in [0.1, 0.15) is 20.9 Å². The van der Waals surface area contributed by atoms with Gasteiger partial charge < -0.3 is 14.2 Å². The zero-order valence-electron chi connectivity index (χ0n) is 16.2. The number of benzene rings is 2. The lowest BCUT2D eigenvalue weighted by atomic mass is 10.1. The first kappa shape index (κ1) is 19.8. The summed E-state index contributed by atoms with van der Waals surface area (Å²) in [7, 11) is 1.60. The zero-order valence-corrected chi connectivity index (χ0v) is 17.1. The van der Waals surface area contributed by atoms with Crippen molar-refractivity contribution in [2.45, 2.75) is 13.1 Å². The van der Waals surface area contributed by atoms with Crippen molar-refractivity contribution in [3.8, 4) is 17.1 Å². The number of ether oxygens (including phenoxy) is 1. The van der Waals surface area contributed by atoms with Crippen LogP contribution in [0.25, 0.3) is 11.3 Å². The Labute approximate surface area is 177 Å². The second-order valence-corrected chi connectivity index (χ2v) is 7.60. The molecule has 0 unspecified atom stereocenters. The fourth-order valence-corrected chi connectivity index (χ4v) is 3.81. The van der Waals surface area contributed by atoms with E-state index >= 15 is 0 Å². The normalized spacial score (nSPS) is 10.7. The van der Waals surface area contributed by atoms with Crippen molar-refractivity contribution >= 4 is 17.2 Å². The topological polar surface area (TPSA) is 55.6 Å². The number of aromatic nitrogens is 1. The van der Waals surface area contributed by atoms with E-state index in [1.54, 1.807) is 36.3 Å². The fourth-order valence-electron chi connectivity index (χ4n) is 3.12. The van der Waals surface area contributed by atoms with E-state index < -0.39 is 0 Å². The maximum atomic E-state index is 13.3. The van der Waals surface area contributed by atoms with Crippen molar-refractivity contribution in [3.05, 3.63) is 94.1 Å². The van der Waals surface area contributed by atoms with Crippen molar-refractivity contribution in [2.24, 2.45) is 0 Å². The molecule has 4 aromatic rings. The Hall–Kier alpha value is -3.45. The number of carbonyl (C=O) groups is 1. The molecule has 1 amide bonds. The monoisotopic (exact) mass is 422 g/mol. The van der Waals surface area contributed by atoms with Crippen molar-refractivity contribution < 1.29 is 18.4 Å². The third-order valence-corrected chi connectivity index (χ3v) is 5.45. The lowest BCUT2D eigenvalue weighted by Crippen LogP contribution is -2.29. The van der Waals surface area contributed by atoms with Crippen LogP contribution in [0.3, 0.4) is 0 Å². The van der Waals surface area contributed by atoms with E-state index in [-0.39, 0.29) is 18.3 Å². The van der Waals surface area contributed by atoms with Gasteiger partial charge in [-0.25, -0.2) is 4.39 Å². The Balaban J connectivity index is 1.59. The van der Waals surface area contributed by atoms with Gasteiger partial charge in [0.2, 0.25) is 0 Å². The van der Waals surface area contributed by atoms with Gasteiger partial charge in [0.05, 0.1) is 24.1 Å². The molecule has 0 spiro atoms. The summed E-state index contributed by atoms with van der Waals surface area (Å²) in [6, 6.07) is 19.0. The molecule has 0 aliphatic carbocycles. The van der Waals surface area contributed by atoms with E-state index in [1.807, 2.05) is 35.7 Å². The lowest BCUT2D eigenvalue weighted by Gasteiger charge is -2.21. The number of para-hydroxylation sites is 1. The predicted octanol–water partition coefficient (Wildman–Crippen LogP) is 5.39. The summed E-state index contributed by atoms with van der Waals surface area (Å²) in [5.74, 6) is 0.815. The van der Waals surface area contributed by atoms with Gasteiger partial charge >= 0.3 is 0 Å². The third kappa shape index (κ3) is 4.41. The van der Waals surface area contributed by atoms with E-state index in [9.17, 15) is 9.18 Å². The Bertz CT molecular complexity index is 1120. The molecular weight excluding hydrogens is 403 g/mol. The van der Waals surface area contributed by atoms with Gasteiger partial charge in [0.25, 0.3) is 5.91 Å². The number of nitrogens with zero attached hydrogens (tertiary/aromatic N) is 2. The van der Waals surface area contributed by atoms with Crippen LogP contribution in [-0.2, 0) is 13.1 Å². The van der Waals surface area contributed by atoms with E-state index in [2.05, 4.69) is 5.16 Å². The van der Waals surface area contributed by atoms with Gasteiger partial charge in [0.15, 0.2) is 5.76 Å². The number of halogens is 1. The highest BCUT2D eigenvalue weighted by atomic mass is 32.1. The van der Waals surface area contributed by atoms with Gasteiger partial charge in [-0.1, -0.05) is 35.5 Å². The van der Waals surface area contributed by atoms with Crippen molar-refractivity contribution in [1.29, 1.82) is 0 Å². The highest BCUT2D eigenvalue weighted by Gasteiger charge is 2.20. The molecule has 0 saturated heterocycles. The highest BCUT2D eigenvalue weighted by molar-refractivity contribution is 7.12. The van der Waals surface area contributed by atoms with Gasteiger partial charge in [0, 0.05) is 12.6 Å². The Kier molecular flexibility index (Phi) is 5.90. The molecule has 2 aromatic heterocycles. The second-order valence-electron chi connectivity index (χ2n) is 6.65. The van der Waals surface area contributed by atoms with Crippen LogP contribution in [0.4, 0.5) is 4.39 Å². The average Bonchev–Trinajstić information content (AvgIpc) is 3.47. The van der Waals surface area contributed by atoms with Crippen molar-refractivity contribution in [2.75, 3.05) is 7.11 Å². The Morgan fingerprint density at radius 1 is 1.10 bits per heavy atom.